The van der Waals surface area contributed by atoms with Crippen molar-refractivity contribution in [3.05, 3.63) is 22.3 Å². The van der Waals surface area contributed by atoms with Gasteiger partial charge in [0.2, 0.25) is 0 Å². The lowest BCUT2D eigenvalue weighted by Crippen LogP contribution is -2.37. The first-order chi connectivity index (χ1) is 9.85. The number of hydrogen-bond acceptors (Lipinski definition) is 4. The van der Waals surface area contributed by atoms with Gasteiger partial charge in [-0.1, -0.05) is 0 Å². The standard InChI is InChI=1S/C16H26BrN3O/c1-12-11-20(6-5-7-21-12)15-13(8-14(17)10-18-15)9-19-16(2,3)4/h8,10,12,19H,5-7,9,11H2,1-4H3. The second kappa shape index (κ2) is 7.07. The lowest BCUT2D eigenvalue weighted by atomic mass is 10.1. The van der Waals surface area contributed by atoms with E-state index < -0.39 is 0 Å². The SMILES string of the molecule is CC1CN(c2ncc(Br)cc2CNC(C)(C)C)CCCO1. The maximum atomic E-state index is 5.74. The monoisotopic (exact) mass is 355 g/mol. The van der Waals surface area contributed by atoms with Crippen molar-refractivity contribution in [1.82, 2.24) is 10.3 Å². The molecule has 1 N–H and O–H groups in total. The number of ether oxygens (including phenoxy) is 1. The molecule has 5 heteroatoms. The van der Waals surface area contributed by atoms with Gasteiger partial charge >= 0.3 is 0 Å². The van der Waals surface area contributed by atoms with Crippen molar-refractivity contribution in [3.8, 4) is 0 Å². The van der Waals surface area contributed by atoms with Crippen molar-refractivity contribution in [2.75, 3.05) is 24.6 Å². The van der Waals surface area contributed by atoms with Crippen LogP contribution < -0.4 is 10.2 Å². The molecule has 1 unspecified atom stereocenters. The maximum Gasteiger partial charge on any atom is 0.133 e. The summed E-state index contributed by atoms with van der Waals surface area (Å²) in [5.74, 6) is 1.08. The van der Waals surface area contributed by atoms with E-state index in [1.54, 1.807) is 0 Å². The molecule has 0 radical (unpaired) electrons. The molecular weight excluding hydrogens is 330 g/mol. The van der Waals surface area contributed by atoms with Crippen molar-refractivity contribution >= 4 is 21.7 Å². The number of nitrogens with zero attached hydrogens (tertiary/aromatic N) is 2. The predicted molar refractivity (Wildman–Crippen MR) is 90.8 cm³/mol. The van der Waals surface area contributed by atoms with Gasteiger partial charge in [-0.25, -0.2) is 4.98 Å². The molecule has 4 nitrogen and oxygen atoms in total. The Bertz CT molecular complexity index is 473. The topological polar surface area (TPSA) is 37.4 Å². The summed E-state index contributed by atoms with van der Waals surface area (Å²) < 4.78 is 6.76. The van der Waals surface area contributed by atoms with Crippen LogP contribution in [0.3, 0.4) is 0 Å². The Morgan fingerprint density at radius 1 is 1.48 bits per heavy atom. The van der Waals surface area contributed by atoms with Crippen molar-refractivity contribution in [1.29, 1.82) is 0 Å². The summed E-state index contributed by atoms with van der Waals surface area (Å²) in [5, 5.41) is 3.55. The molecule has 1 atom stereocenters. The molecule has 0 spiro atoms. The van der Waals surface area contributed by atoms with Crippen LogP contribution in [0.4, 0.5) is 5.82 Å². The molecule has 1 aromatic rings. The van der Waals surface area contributed by atoms with E-state index in [0.29, 0.717) is 0 Å². The van der Waals surface area contributed by atoms with Crippen LogP contribution in [0.15, 0.2) is 16.7 Å². The van der Waals surface area contributed by atoms with Crippen molar-refractivity contribution in [2.45, 2.75) is 52.3 Å². The van der Waals surface area contributed by atoms with Gasteiger partial charge in [0, 0.05) is 48.0 Å². The number of hydrogen-bond donors (Lipinski definition) is 1. The average molecular weight is 356 g/mol. The number of anilines is 1. The predicted octanol–water partition coefficient (Wildman–Crippen LogP) is 3.35. The summed E-state index contributed by atoms with van der Waals surface area (Å²) in [6.07, 6.45) is 3.18. The van der Waals surface area contributed by atoms with E-state index in [4.69, 9.17) is 4.74 Å². The number of nitrogens with one attached hydrogen (secondary N) is 1. The van der Waals surface area contributed by atoms with Gasteiger partial charge in [0.05, 0.1) is 6.10 Å². The molecule has 0 amide bonds. The van der Waals surface area contributed by atoms with E-state index >= 15 is 0 Å². The van der Waals surface area contributed by atoms with Crippen LogP contribution in [0.2, 0.25) is 0 Å². The third-order valence-electron chi connectivity index (χ3n) is 3.47. The van der Waals surface area contributed by atoms with E-state index in [0.717, 1.165) is 43.0 Å². The summed E-state index contributed by atoms with van der Waals surface area (Å²) in [6.45, 7) is 12.2. The Balaban J connectivity index is 2.21. The van der Waals surface area contributed by atoms with Crippen LogP contribution in [0, 0.1) is 0 Å². The highest BCUT2D eigenvalue weighted by Gasteiger charge is 2.20. The molecule has 0 bridgehead atoms. The molecule has 2 heterocycles. The van der Waals surface area contributed by atoms with Crippen molar-refractivity contribution in [3.63, 3.8) is 0 Å². The number of halogens is 1. The number of pyridine rings is 1. The van der Waals surface area contributed by atoms with Crippen molar-refractivity contribution in [2.24, 2.45) is 0 Å². The van der Waals surface area contributed by atoms with Crippen LogP contribution in [0.25, 0.3) is 0 Å². The molecule has 0 saturated carbocycles. The van der Waals surface area contributed by atoms with Crippen LogP contribution in [-0.2, 0) is 11.3 Å². The molecule has 1 fully saturated rings. The average Bonchev–Trinajstić information content (AvgIpc) is 2.60. The molecular formula is C16H26BrN3O. The van der Waals surface area contributed by atoms with Crippen molar-refractivity contribution < 1.29 is 4.74 Å². The Morgan fingerprint density at radius 2 is 2.24 bits per heavy atom. The molecule has 2 rings (SSSR count). The van der Waals surface area contributed by atoms with Crippen LogP contribution in [0.1, 0.15) is 39.7 Å². The zero-order chi connectivity index (χ0) is 15.5. The van der Waals surface area contributed by atoms with Gasteiger partial charge in [0.1, 0.15) is 5.82 Å². The highest BCUT2D eigenvalue weighted by Crippen LogP contribution is 2.24. The molecule has 1 aliphatic heterocycles. The highest BCUT2D eigenvalue weighted by molar-refractivity contribution is 9.10. The van der Waals surface area contributed by atoms with E-state index in [1.165, 1.54) is 5.56 Å². The lowest BCUT2D eigenvalue weighted by molar-refractivity contribution is 0.0820. The van der Waals surface area contributed by atoms with E-state index in [9.17, 15) is 0 Å². The summed E-state index contributed by atoms with van der Waals surface area (Å²) in [6, 6.07) is 2.16. The molecule has 118 valence electrons. The molecule has 0 aromatic carbocycles. The number of aromatic nitrogens is 1. The zero-order valence-electron chi connectivity index (χ0n) is 13.4. The largest absolute Gasteiger partial charge is 0.377 e. The minimum absolute atomic E-state index is 0.0920. The molecule has 1 saturated heterocycles. The Kier molecular flexibility index (Phi) is 5.63. The van der Waals surface area contributed by atoms with Gasteiger partial charge in [-0.2, -0.15) is 0 Å². The van der Waals surface area contributed by atoms with E-state index in [-0.39, 0.29) is 11.6 Å². The Labute approximate surface area is 136 Å². The summed E-state index contributed by atoms with van der Waals surface area (Å²) in [7, 11) is 0. The van der Waals surface area contributed by atoms with Gasteiger partial charge in [-0.3, -0.25) is 0 Å². The Hall–Kier alpha value is -0.650. The quantitative estimate of drug-likeness (QED) is 0.901. The van der Waals surface area contributed by atoms with Crippen LogP contribution in [-0.4, -0.2) is 36.3 Å². The third-order valence-corrected chi connectivity index (χ3v) is 3.90. The van der Waals surface area contributed by atoms with Crippen LogP contribution in [0.5, 0.6) is 0 Å². The maximum absolute atomic E-state index is 5.74. The second-order valence-corrected chi connectivity index (χ2v) is 7.64. The van der Waals surface area contributed by atoms with Gasteiger partial charge in [0.15, 0.2) is 0 Å². The van der Waals surface area contributed by atoms with Crippen LogP contribution >= 0.6 is 15.9 Å². The minimum Gasteiger partial charge on any atom is -0.377 e. The highest BCUT2D eigenvalue weighted by atomic mass is 79.9. The molecule has 1 aromatic heterocycles. The second-order valence-electron chi connectivity index (χ2n) is 6.72. The van der Waals surface area contributed by atoms with Gasteiger partial charge in [0.25, 0.3) is 0 Å². The third kappa shape index (κ3) is 5.24. The van der Waals surface area contributed by atoms with Gasteiger partial charge < -0.3 is 15.0 Å². The molecule has 1 aliphatic rings. The summed E-state index contributed by atoms with van der Waals surface area (Å²) in [5.41, 5.74) is 1.32. The smallest absolute Gasteiger partial charge is 0.133 e. The Morgan fingerprint density at radius 3 is 2.95 bits per heavy atom. The number of rotatable bonds is 3. The first kappa shape index (κ1) is 16.7. The fourth-order valence-electron chi connectivity index (χ4n) is 2.44. The van der Waals surface area contributed by atoms with E-state index in [1.807, 2.05) is 6.20 Å². The molecule has 21 heavy (non-hydrogen) atoms. The molecule has 0 aliphatic carbocycles. The van der Waals surface area contributed by atoms with E-state index in [2.05, 4.69) is 64.9 Å². The zero-order valence-corrected chi connectivity index (χ0v) is 15.0. The summed E-state index contributed by atoms with van der Waals surface area (Å²) >= 11 is 3.53. The fourth-order valence-corrected chi connectivity index (χ4v) is 2.81. The normalized spacial score (nSPS) is 20.4. The fraction of sp³-hybridized carbons (Fsp3) is 0.688. The van der Waals surface area contributed by atoms with Gasteiger partial charge in [-0.15, -0.1) is 0 Å². The van der Waals surface area contributed by atoms with Gasteiger partial charge in [-0.05, 0) is 56.1 Å². The lowest BCUT2D eigenvalue weighted by Gasteiger charge is -2.27. The first-order valence-corrected chi connectivity index (χ1v) is 8.40. The minimum atomic E-state index is 0.0920. The summed E-state index contributed by atoms with van der Waals surface area (Å²) in [4.78, 5) is 7.01. The first-order valence-electron chi connectivity index (χ1n) is 7.61.